The molecular formula is C55H101N9O10. The van der Waals surface area contributed by atoms with Crippen LogP contribution in [0.2, 0.25) is 0 Å². The van der Waals surface area contributed by atoms with E-state index in [1.54, 1.807) is 6.92 Å². The minimum atomic E-state index is -0.359. The van der Waals surface area contributed by atoms with Gasteiger partial charge in [0.25, 0.3) is 0 Å². The van der Waals surface area contributed by atoms with E-state index in [1.165, 1.54) is 45.3 Å². The molecule has 19 heteroatoms. The highest BCUT2D eigenvalue weighted by Gasteiger charge is 2.30. The average molecular weight is 1050 g/mol. The van der Waals surface area contributed by atoms with Crippen LogP contribution >= 0.6 is 0 Å². The maximum Gasteiger partial charge on any atom is 0.223 e. The van der Waals surface area contributed by atoms with Gasteiger partial charge in [-0.25, -0.2) is 0 Å². The van der Waals surface area contributed by atoms with Crippen LogP contribution in [0.25, 0.3) is 0 Å². The molecule has 426 valence electrons. The smallest absolute Gasteiger partial charge is 0.223 e. The molecule has 0 rings (SSSR count). The zero-order chi connectivity index (χ0) is 56.7. The average Bonchev–Trinajstić information content (AvgIpc) is 3.26. The third kappa shape index (κ3) is 32.8. The van der Waals surface area contributed by atoms with Crippen molar-refractivity contribution in [2.75, 3.05) is 85.1 Å². The van der Waals surface area contributed by atoms with E-state index >= 15 is 0 Å². The SMILES string of the molecule is CC(=O)CN(C[C@@H](CC(=O)CN(C[C@@H](CC(=O)CN(C[C@@H](CC(=O)CN(C[C@H](C)CC(=O)CN(C[C@H](C)N)C(C)=O)C(C)=O)CC(C)C)C(=O)CCCN)CC(C)C)C(=O)CCCN)CC(C)C)C(=O)CCCN. The van der Waals surface area contributed by atoms with Gasteiger partial charge in [0.15, 0.2) is 23.1 Å². The second-order valence-electron chi connectivity index (χ2n) is 22.5. The van der Waals surface area contributed by atoms with E-state index in [9.17, 15) is 47.9 Å². The van der Waals surface area contributed by atoms with Crippen LogP contribution in [-0.4, -0.2) is 174 Å². The molecule has 0 aliphatic carbocycles. The summed E-state index contributed by atoms with van der Waals surface area (Å²) in [5.41, 5.74) is 23.1. The quantitative estimate of drug-likeness (QED) is 0.0676. The number of rotatable bonds is 43. The minimum absolute atomic E-state index is 0.0234. The fourth-order valence-electron chi connectivity index (χ4n) is 9.73. The molecule has 0 spiro atoms. The molecule has 5 amide bonds. The molecule has 0 aliphatic heterocycles. The van der Waals surface area contributed by atoms with Crippen molar-refractivity contribution >= 4 is 58.5 Å². The molecule has 0 saturated heterocycles. The summed E-state index contributed by atoms with van der Waals surface area (Å²) in [5, 5.41) is 0. The van der Waals surface area contributed by atoms with Gasteiger partial charge in [-0.3, -0.25) is 47.9 Å². The summed E-state index contributed by atoms with van der Waals surface area (Å²) in [6, 6.07) is -0.310. The van der Waals surface area contributed by atoms with Crippen molar-refractivity contribution in [3.8, 4) is 0 Å². The van der Waals surface area contributed by atoms with Crippen molar-refractivity contribution in [1.29, 1.82) is 0 Å². The number of nitrogens with two attached hydrogens (primary N) is 4. The van der Waals surface area contributed by atoms with Crippen molar-refractivity contribution in [3.05, 3.63) is 0 Å². The van der Waals surface area contributed by atoms with Gasteiger partial charge in [-0.2, -0.15) is 0 Å². The third-order valence-corrected chi connectivity index (χ3v) is 12.6. The molecule has 0 aromatic rings. The van der Waals surface area contributed by atoms with E-state index in [1.807, 2.05) is 48.5 Å². The van der Waals surface area contributed by atoms with Gasteiger partial charge in [0.1, 0.15) is 5.78 Å². The molecule has 5 atom stereocenters. The molecule has 0 saturated carbocycles. The van der Waals surface area contributed by atoms with Crippen LogP contribution in [0.1, 0.15) is 160 Å². The number of nitrogens with zero attached hydrogens (tertiary/aromatic N) is 5. The van der Waals surface area contributed by atoms with Gasteiger partial charge in [0.05, 0.1) is 32.7 Å². The van der Waals surface area contributed by atoms with Crippen LogP contribution < -0.4 is 22.9 Å². The van der Waals surface area contributed by atoms with Gasteiger partial charge < -0.3 is 47.4 Å². The van der Waals surface area contributed by atoms with E-state index in [4.69, 9.17) is 22.9 Å². The molecule has 0 aromatic carbocycles. The molecule has 8 N–H and O–H groups in total. The van der Waals surface area contributed by atoms with E-state index in [0.717, 1.165) is 0 Å². The summed E-state index contributed by atoms with van der Waals surface area (Å²) in [5.74, 6) is -3.21. The zero-order valence-corrected chi connectivity index (χ0v) is 47.6. The van der Waals surface area contributed by atoms with Crippen molar-refractivity contribution < 1.29 is 47.9 Å². The Balaban J connectivity index is 6.49. The number of hydrogen-bond donors (Lipinski definition) is 4. The van der Waals surface area contributed by atoms with E-state index < -0.39 is 0 Å². The summed E-state index contributed by atoms with van der Waals surface area (Å²) >= 11 is 0. The van der Waals surface area contributed by atoms with E-state index in [0.29, 0.717) is 45.1 Å². The Labute approximate surface area is 444 Å². The number of hydrogen-bond acceptors (Lipinski definition) is 14. The molecule has 0 unspecified atom stereocenters. The third-order valence-electron chi connectivity index (χ3n) is 12.6. The number of carbonyl (C=O) groups is 10. The number of carbonyl (C=O) groups excluding carboxylic acids is 10. The van der Waals surface area contributed by atoms with Crippen LogP contribution in [0, 0.1) is 41.4 Å². The second kappa shape index (κ2) is 38.1. The number of ketones is 5. The Hall–Kier alpha value is -4.46. The molecule has 74 heavy (non-hydrogen) atoms. The topological polar surface area (TPSA) is 291 Å². The highest BCUT2D eigenvalue weighted by Crippen LogP contribution is 2.24. The molecule has 0 aliphatic rings. The van der Waals surface area contributed by atoms with Crippen LogP contribution in [0.15, 0.2) is 0 Å². The monoisotopic (exact) mass is 1050 g/mol. The first kappa shape index (κ1) is 69.5. The fraction of sp³-hybridized carbons (Fsp3) is 0.818. The van der Waals surface area contributed by atoms with Crippen LogP contribution in [0.4, 0.5) is 0 Å². The Bertz CT molecular complexity index is 1770. The Morgan fingerprint density at radius 2 is 0.662 bits per heavy atom. The summed E-state index contributed by atoms with van der Waals surface area (Å²) in [7, 11) is 0. The Kier molecular flexibility index (Phi) is 35.8. The largest absolute Gasteiger partial charge is 0.335 e. The molecule has 0 heterocycles. The normalized spacial score (nSPS) is 13.5. The van der Waals surface area contributed by atoms with Crippen molar-refractivity contribution in [2.24, 2.45) is 64.4 Å². The summed E-state index contributed by atoms with van der Waals surface area (Å²) < 4.78 is 0. The van der Waals surface area contributed by atoms with Gasteiger partial charge in [-0.05, 0) is 113 Å². The molecule has 19 nitrogen and oxygen atoms in total. The van der Waals surface area contributed by atoms with Crippen LogP contribution in [0.5, 0.6) is 0 Å². The van der Waals surface area contributed by atoms with Crippen molar-refractivity contribution in [3.63, 3.8) is 0 Å². The van der Waals surface area contributed by atoms with Gasteiger partial charge in [0.2, 0.25) is 29.5 Å². The first-order valence-electron chi connectivity index (χ1n) is 27.4. The van der Waals surface area contributed by atoms with E-state index in [-0.39, 0.29) is 229 Å². The lowest BCUT2D eigenvalue weighted by atomic mass is 9.89. The Morgan fingerprint density at radius 3 is 0.932 bits per heavy atom. The lowest BCUT2D eigenvalue weighted by Crippen LogP contribution is -2.43. The zero-order valence-electron chi connectivity index (χ0n) is 47.6. The lowest BCUT2D eigenvalue weighted by molar-refractivity contribution is -0.138. The fourth-order valence-corrected chi connectivity index (χ4v) is 9.73. The first-order valence-corrected chi connectivity index (χ1v) is 27.4. The van der Waals surface area contributed by atoms with Gasteiger partial charge in [0, 0.05) is 97.6 Å². The Morgan fingerprint density at radius 1 is 0.378 bits per heavy atom. The number of Topliss-reactive ketones (excluding diaryl/α,β-unsaturated/α-hetero) is 5. The standard InChI is InChI=1S/C55H101N9O10/c1-38(2)21-46(31-62(30-43(9)65)53(72)15-12-18-56)26-51(70)36-64(55(74)17-14-20-58)33-48(23-40(5)6)27-52(71)37-63(54(73)16-13-19-57)32-47(22-39(3)4)25-50(69)35-60(44(10)66)28-41(7)24-49(68)34-61(45(11)67)29-42(8)59/h38-42,46-48H,12-37,56-59H2,1-11H3/t41-,42+,46-,47-,48-/m1/s1. The maximum absolute atomic E-state index is 14.3. The highest BCUT2D eigenvalue weighted by atomic mass is 16.2. The van der Waals surface area contributed by atoms with E-state index in [2.05, 4.69) is 0 Å². The maximum atomic E-state index is 14.3. The highest BCUT2D eigenvalue weighted by molar-refractivity contribution is 5.89. The molecular weight excluding hydrogens is 947 g/mol. The predicted octanol–water partition coefficient (Wildman–Crippen LogP) is 3.78. The molecule has 0 fully saturated rings. The van der Waals surface area contributed by atoms with Crippen LogP contribution in [0.3, 0.4) is 0 Å². The first-order chi connectivity index (χ1) is 34.6. The number of amides is 5. The summed E-state index contributed by atoms with van der Waals surface area (Å²) in [6.07, 6.45) is 3.63. The summed E-state index contributed by atoms with van der Waals surface area (Å²) in [6.45, 7) is 20.7. The van der Waals surface area contributed by atoms with Gasteiger partial charge in [-0.15, -0.1) is 0 Å². The molecule has 0 bridgehead atoms. The van der Waals surface area contributed by atoms with Crippen molar-refractivity contribution in [2.45, 2.75) is 166 Å². The summed E-state index contributed by atoms with van der Waals surface area (Å²) in [4.78, 5) is 140. The van der Waals surface area contributed by atoms with Gasteiger partial charge >= 0.3 is 0 Å². The van der Waals surface area contributed by atoms with Crippen molar-refractivity contribution in [1.82, 2.24) is 24.5 Å². The molecule has 0 aromatic heterocycles. The molecule has 0 radical (unpaired) electrons. The lowest BCUT2D eigenvalue weighted by Gasteiger charge is -2.31. The van der Waals surface area contributed by atoms with Crippen LogP contribution in [-0.2, 0) is 47.9 Å². The predicted molar refractivity (Wildman–Crippen MR) is 290 cm³/mol. The second-order valence-corrected chi connectivity index (χ2v) is 22.5. The minimum Gasteiger partial charge on any atom is -0.335 e. The van der Waals surface area contributed by atoms with Gasteiger partial charge in [-0.1, -0.05) is 48.5 Å².